The zero-order valence-electron chi connectivity index (χ0n) is 16.3. The minimum atomic E-state index is -0.303. The van der Waals surface area contributed by atoms with E-state index in [0.29, 0.717) is 5.82 Å². The fraction of sp³-hybridized carbons (Fsp3) is 0.286. The van der Waals surface area contributed by atoms with E-state index in [1.165, 1.54) is 18.2 Å². The number of hydrogen-bond acceptors (Lipinski definition) is 5. The highest BCUT2D eigenvalue weighted by Crippen LogP contribution is 2.27. The number of carbonyl (C=O) groups excluding carboxylic acids is 1. The molecule has 7 heteroatoms. The summed E-state index contributed by atoms with van der Waals surface area (Å²) in [5, 5.41) is 12.5. The quantitative estimate of drug-likeness (QED) is 0.588. The minimum absolute atomic E-state index is 0.0125. The molecule has 1 atom stereocenters. The molecule has 1 heterocycles. The van der Waals surface area contributed by atoms with Crippen LogP contribution in [0.25, 0.3) is 5.69 Å². The van der Waals surface area contributed by atoms with Crippen molar-refractivity contribution in [1.29, 1.82) is 0 Å². The lowest BCUT2D eigenvalue weighted by molar-refractivity contribution is -0.125. The first-order chi connectivity index (χ1) is 13.6. The van der Waals surface area contributed by atoms with Gasteiger partial charge >= 0.3 is 0 Å². The number of ether oxygens (including phenoxy) is 1. The van der Waals surface area contributed by atoms with Gasteiger partial charge in [0.2, 0.25) is 5.91 Å². The molecule has 28 heavy (non-hydrogen) atoms. The summed E-state index contributed by atoms with van der Waals surface area (Å²) in [6, 6.07) is 18.1. The van der Waals surface area contributed by atoms with Gasteiger partial charge in [0.05, 0.1) is 6.04 Å². The zero-order chi connectivity index (χ0) is 19.9. The molecule has 0 aliphatic rings. The van der Waals surface area contributed by atoms with Crippen molar-refractivity contribution < 1.29 is 9.53 Å². The van der Waals surface area contributed by atoms with Crippen LogP contribution in [-0.2, 0) is 15.3 Å². The number of aromatic nitrogens is 3. The SMILES string of the molecule is COCC(=O)NC(C)c1nnc(SCc2ccccc2)n1-c1ccc(C)cc1. The Morgan fingerprint density at radius 1 is 1.14 bits per heavy atom. The van der Waals surface area contributed by atoms with Crippen molar-refractivity contribution in [1.82, 2.24) is 20.1 Å². The van der Waals surface area contributed by atoms with Gasteiger partial charge in [0.15, 0.2) is 11.0 Å². The lowest BCUT2D eigenvalue weighted by atomic mass is 10.2. The van der Waals surface area contributed by atoms with E-state index in [9.17, 15) is 4.79 Å². The molecule has 0 saturated heterocycles. The molecule has 146 valence electrons. The van der Waals surface area contributed by atoms with Crippen LogP contribution in [0.15, 0.2) is 59.8 Å². The summed E-state index contributed by atoms with van der Waals surface area (Å²) in [4.78, 5) is 11.9. The van der Waals surface area contributed by atoms with Crippen molar-refractivity contribution in [3.8, 4) is 5.69 Å². The molecule has 6 nitrogen and oxygen atoms in total. The summed E-state index contributed by atoms with van der Waals surface area (Å²) >= 11 is 1.62. The number of carbonyl (C=O) groups is 1. The Balaban J connectivity index is 1.90. The molecule has 3 rings (SSSR count). The lowest BCUT2D eigenvalue weighted by Gasteiger charge is -2.16. The summed E-state index contributed by atoms with van der Waals surface area (Å²) in [6.45, 7) is 3.96. The van der Waals surface area contributed by atoms with Gasteiger partial charge in [0.25, 0.3) is 0 Å². The first-order valence-electron chi connectivity index (χ1n) is 9.06. The molecule has 0 fully saturated rings. The van der Waals surface area contributed by atoms with E-state index in [2.05, 4.69) is 46.7 Å². The topological polar surface area (TPSA) is 69.0 Å². The Morgan fingerprint density at radius 3 is 2.54 bits per heavy atom. The van der Waals surface area contributed by atoms with Gasteiger partial charge in [0.1, 0.15) is 6.61 Å². The Kier molecular flexibility index (Phi) is 6.84. The van der Waals surface area contributed by atoms with E-state index < -0.39 is 0 Å². The summed E-state index contributed by atoms with van der Waals surface area (Å²) in [7, 11) is 1.50. The van der Waals surface area contributed by atoms with Crippen LogP contribution in [0.2, 0.25) is 0 Å². The second kappa shape index (κ2) is 9.52. The Bertz CT molecular complexity index is 910. The maximum Gasteiger partial charge on any atom is 0.246 e. The molecule has 1 N–H and O–H groups in total. The highest BCUT2D eigenvalue weighted by atomic mass is 32.2. The number of nitrogens with one attached hydrogen (secondary N) is 1. The molecule has 1 amide bonds. The summed E-state index contributed by atoms with van der Waals surface area (Å²) < 4.78 is 6.91. The molecule has 0 bridgehead atoms. The third-order valence-electron chi connectivity index (χ3n) is 4.20. The molecular formula is C21H24N4O2S. The van der Waals surface area contributed by atoms with Crippen LogP contribution in [-0.4, -0.2) is 34.4 Å². The van der Waals surface area contributed by atoms with Crippen molar-refractivity contribution in [2.45, 2.75) is 30.8 Å². The Labute approximate surface area is 169 Å². The van der Waals surface area contributed by atoms with E-state index in [0.717, 1.165) is 16.6 Å². The van der Waals surface area contributed by atoms with Gasteiger partial charge in [-0.1, -0.05) is 59.8 Å². The van der Waals surface area contributed by atoms with Crippen molar-refractivity contribution in [2.24, 2.45) is 0 Å². The van der Waals surface area contributed by atoms with Crippen LogP contribution in [0.5, 0.6) is 0 Å². The highest BCUT2D eigenvalue weighted by molar-refractivity contribution is 7.98. The zero-order valence-corrected chi connectivity index (χ0v) is 17.1. The molecule has 0 aliphatic heterocycles. The number of aryl methyl sites for hydroxylation is 1. The molecule has 0 spiro atoms. The summed E-state index contributed by atoms with van der Waals surface area (Å²) in [5.41, 5.74) is 3.36. The maximum absolute atomic E-state index is 11.9. The monoisotopic (exact) mass is 396 g/mol. The van der Waals surface area contributed by atoms with Gasteiger partial charge in [-0.3, -0.25) is 9.36 Å². The van der Waals surface area contributed by atoms with Crippen LogP contribution >= 0.6 is 11.8 Å². The molecule has 0 saturated carbocycles. The average Bonchev–Trinajstić information content (AvgIpc) is 3.12. The number of amides is 1. The van der Waals surface area contributed by atoms with Gasteiger partial charge in [-0.25, -0.2) is 0 Å². The number of hydrogen-bond donors (Lipinski definition) is 1. The highest BCUT2D eigenvalue weighted by Gasteiger charge is 2.21. The fourth-order valence-corrected chi connectivity index (χ4v) is 3.71. The van der Waals surface area contributed by atoms with E-state index in [1.54, 1.807) is 11.8 Å². The van der Waals surface area contributed by atoms with E-state index >= 15 is 0 Å². The molecule has 1 unspecified atom stereocenters. The molecule has 2 aromatic carbocycles. The fourth-order valence-electron chi connectivity index (χ4n) is 2.79. The van der Waals surface area contributed by atoms with Crippen LogP contribution in [0.4, 0.5) is 0 Å². The molecule has 3 aromatic rings. The Hall–Kier alpha value is -2.64. The average molecular weight is 397 g/mol. The van der Waals surface area contributed by atoms with Crippen LogP contribution in [0, 0.1) is 6.92 Å². The predicted octanol–water partition coefficient (Wildman–Crippen LogP) is 3.69. The van der Waals surface area contributed by atoms with Crippen molar-refractivity contribution in [3.63, 3.8) is 0 Å². The second-order valence-corrected chi connectivity index (χ2v) is 7.45. The normalized spacial score (nSPS) is 12.0. The second-order valence-electron chi connectivity index (χ2n) is 6.51. The van der Waals surface area contributed by atoms with Crippen molar-refractivity contribution >= 4 is 17.7 Å². The number of benzene rings is 2. The number of methoxy groups -OCH3 is 1. The maximum atomic E-state index is 11.9. The van der Waals surface area contributed by atoms with Gasteiger partial charge < -0.3 is 10.1 Å². The van der Waals surface area contributed by atoms with Gasteiger partial charge in [-0.15, -0.1) is 10.2 Å². The number of nitrogens with zero attached hydrogens (tertiary/aromatic N) is 3. The van der Waals surface area contributed by atoms with Gasteiger partial charge in [0, 0.05) is 18.6 Å². The number of thioether (sulfide) groups is 1. The standard InChI is InChI=1S/C21H24N4O2S/c1-15-9-11-18(12-10-15)25-20(16(2)22-19(26)13-27-3)23-24-21(25)28-14-17-7-5-4-6-8-17/h4-12,16H,13-14H2,1-3H3,(H,22,26). The van der Waals surface area contributed by atoms with Gasteiger partial charge in [-0.05, 0) is 31.5 Å². The smallest absolute Gasteiger partial charge is 0.246 e. The minimum Gasteiger partial charge on any atom is -0.375 e. The molecule has 0 aliphatic carbocycles. The third kappa shape index (κ3) is 4.99. The van der Waals surface area contributed by atoms with E-state index in [4.69, 9.17) is 4.74 Å². The van der Waals surface area contributed by atoms with Crippen molar-refractivity contribution in [2.75, 3.05) is 13.7 Å². The van der Waals surface area contributed by atoms with Crippen molar-refractivity contribution in [3.05, 3.63) is 71.5 Å². The van der Waals surface area contributed by atoms with Crippen LogP contribution < -0.4 is 5.32 Å². The lowest BCUT2D eigenvalue weighted by Crippen LogP contribution is -2.31. The van der Waals surface area contributed by atoms with Crippen LogP contribution in [0.1, 0.15) is 29.9 Å². The molecule has 0 radical (unpaired) electrons. The van der Waals surface area contributed by atoms with E-state index in [-0.39, 0.29) is 18.6 Å². The molecular weight excluding hydrogens is 372 g/mol. The predicted molar refractivity (Wildman–Crippen MR) is 111 cm³/mol. The van der Waals surface area contributed by atoms with Crippen LogP contribution in [0.3, 0.4) is 0 Å². The third-order valence-corrected chi connectivity index (χ3v) is 5.20. The molecule has 1 aromatic heterocycles. The first kappa shape index (κ1) is 20.1. The summed E-state index contributed by atoms with van der Waals surface area (Å²) in [5.74, 6) is 1.28. The van der Waals surface area contributed by atoms with Gasteiger partial charge in [-0.2, -0.15) is 0 Å². The Morgan fingerprint density at radius 2 is 1.86 bits per heavy atom. The summed E-state index contributed by atoms with van der Waals surface area (Å²) in [6.07, 6.45) is 0. The largest absolute Gasteiger partial charge is 0.375 e. The number of rotatable bonds is 8. The van der Waals surface area contributed by atoms with E-state index in [1.807, 2.05) is 41.8 Å². The first-order valence-corrected chi connectivity index (χ1v) is 10.0.